The highest BCUT2D eigenvalue weighted by atomic mass is 32.1. The number of fused-ring (bicyclic) bond motifs is 3. The third-order valence-electron chi connectivity index (χ3n) is 6.30. The monoisotopic (exact) mass is 459 g/mol. The van der Waals surface area contributed by atoms with E-state index in [1.54, 1.807) is 23.3 Å². The van der Waals surface area contributed by atoms with Gasteiger partial charge in [-0.05, 0) is 49.6 Å². The summed E-state index contributed by atoms with van der Waals surface area (Å²) < 4.78 is 7.41. The number of ether oxygens (including phenoxy) is 1. The Hall–Kier alpha value is -3.58. The van der Waals surface area contributed by atoms with Crippen molar-refractivity contribution in [2.75, 3.05) is 12.0 Å². The number of methoxy groups -OCH3 is 1. The molecule has 6 nitrogen and oxygen atoms in total. The van der Waals surface area contributed by atoms with E-state index in [0.29, 0.717) is 30.2 Å². The van der Waals surface area contributed by atoms with Crippen molar-refractivity contribution in [1.29, 1.82) is 0 Å². The van der Waals surface area contributed by atoms with E-state index < -0.39 is 5.54 Å². The lowest BCUT2D eigenvalue weighted by Crippen LogP contribution is -2.64. The predicted molar refractivity (Wildman–Crippen MR) is 131 cm³/mol. The normalized spacial score (nSPS) is 17.8. The van der Waals surface area contributed by atoms with Crippen LogP contribution in [0.3, 0.4) is 0 Å². The number of aryl methyl sites for hydroxylation is 1. The van der Waals surface area contributed by atoms with Crippen molar-refractivity contribution in [3.8, 4) is 5.75 Å². The Morgan fingerprint density at radius 3 is 2.67 bits per heavy atom. The van der Waals surface area contributed by atoms with Crippen molar-refractivity contribution >= 4 is 39.1 Å². The van der Waals surface area contributed by atoms with Gasteiger partial charge in [0.15, 0.2) is 0 Å². The number of anilines is 1. The number of hydrogen-bond donors (Lipinski definition) is 1. The lowest BCUT2D eigenvalue weighted by atomic mass is 9.93. The summed E-state index contributed by atoms with van der Waals surface area (Å²) in [6.07, 6.45) is 0. The molecule has 2 aromatic carbocycles. The molecular weight excluding hydrogens is 434 g/mol. The van der Waals surface area contributed by atoms with Gasteiger partial charge < -0.3 is 14.6 Å². The van der Waals surface area contributed by atoms with Crippen LogP contribution in [0, 0.1) is 6.92 Å². The molecule has 5 rings (SSSR count). The van der Waals surface area contributed by atoms with Crippen LogP contribution in [-0.4, -0.2) is 29.0 Å². The fraction of sp³-hybridized carbons (Fsp3) is 0.231. The van der Waals surface area contributed by atoms with Crippen LogP contribution >= 0.6 is 11.3 Å². The van der Waals surface area contributed by atoms with Crippen LogP contribution in [0.15, 0.2) is 66.0 Å². The van der Waals surface area contributed by atoms with E-state index in [0.717, 1.165) is 21.3 Å². The molecule has 4 aromatic rings. The molecule has 2 aromatic heterocycles. The summed E-state index contributed by atoms with van der Waals surface area (Å²) >= 11 is 1.58. The quantitative estimate of drug-likeness (QED) is 0.468. The predicted octanol–water partition coefficient (Wildman–Crippen LogP) is 4.76. The van der Waals surface area contributed by atoms with Gasteiger partial charge in [0.2, 0.25) is 5.91 Å². The third kappa shape index (κ3) is 3.49. The summed E-state index contributed by atoms with van der Waals surface area (Å²) in [5.41, 5.74) is 2.17. The van der Waals surface area contributed by atoms with Crippen molar-refractivity contribution in [2.24, 2.45) is 0 Å². The molecule has 1 N–H and O–H groups in total. The number of nitrogens with one attached hydrogen (secondary N) is 1. The molecule has 1 aliphatic rings. The number of thiophene rings is 1. The van der Waals surface area contributed by atoms with Gasteiger partial charge in [-0.15, -0.1) is 11.3 Å². The second-order valence-corrected chi connectivity index (χ2v) is 9.44. The average molecular weight is 460 g/mol. The first-order valence-electron chi connectivity index (χ1n) is 10.8. The molecule has 3 heterocycles. The lowest BCUT2D eigenvalue weighted by Gasteiger charge is -2.44. The topological polar surface area (TPSA) is 63.6 Å². The number of rotatable bonds is 5. The van der Waals surface area contributed by atoms with E-state index in [2.05, 4.69) is 5.32 Å². The van der Waals surface area contributed by atoms with Crippen LogP contribution in [0.5, 0.6) is 5.75 Å². The molecule has 33 heavy (non-hydrogen) atoms. The van der Waals surface area contributed by atoms with Crippen LogP contribution in [0.1, 0.15) is 28.5 Å². The molecule has 7 heteroatoms. The molecule has 0 saturated carbocycles. The van der Waals surface area contributed by atoms with Gasteiger partial charge in [-0.1, -0.05) is 35.9 Å². The number of carbonyl (C=O) groups excluding carboxylic acids is 2. The van der Waals surface area contributed by atoms with Gasteiger partial charge in [0.05, 0.1) is 13.7 Å². The summed E-state index contributed by atoms with van der Waals surface area (Å²) in [6, 6.07) is 19.2. The smallest absolute Gasteiger partial charge is 0.275 e. The minimum atomic E-state index is -1.11. The van der Waals surface area contributed by atoms with Crippen LogP contribution in [0.25, 0.3) is 10.2 Å². The molecule has 2 amide bonds. The van der Waals surface area contributed by atoms with E-state index in [-0.39, 0.29) is 11.8 Å². The van der Waals surface area contributed by atoms with Gasteiger partial charge >= 0.3 is 0 Å². The first kappa shape index (κ1) is 21.3. The SMILES string of the molecule is COc1ccccc1CNC(=O)[C@]1(C)Cn2c(cc3ccsc32)C(=O)N1c1ccc(C)cc1. The minimum absolute atomic E-state index is 0.177. The van der Waals surface area contributed by atoms with Crippen LogP contribution in [0.4, 0.5) is 5.69 Å². The Labute approximate surface area is 196 Å². The second kappa shape index (κ2) is 8.08. The highest BCUT2D eigenvalue weighted by molar-refractivity contribution is 7.16. The lowest BCUT2D eigenvalue weighted by molar-refractivity contribution is -0.126. The van der Waals surface area contributed by atoms with E-state index in [9.17, 15) is 9.59 Å². The van der Waals surface area contributed by atoms with Gasteiger partial charge in [0.1, 0.15) is 21.8 Å². The van der Waals surface area contributed by atoms with E-state index in [1.165, 1.54) is 0 Å². The Morgan fingerprint density at radius 2 is 1.91 bits per heavy atom. The number of benzene rings is 2. The third-order valence-corrected chi connectivity index (χ3v) is 7.25. The molecular formula is C26H25N3O3S. The maximum absolute atomic E-state index is 13.8. The summed E-state index contributed by atoms with van der Waals surface area (Å²) in [4.78, 5) is 30.2. The Balaban J connectivity index is 1.55. The summed E-state index contributed by atoms with van der Waals surface area (Å²) in [5.74, 6) is 0.320. The van der Waals surface area contributed by atoms with Crippen molar-refractivity contribution in [3.63, 3.8) is 0 Å². The fourth-order valence-corrected chi connectivity index (χ4v) is 5.41. The van der Waals surface area contributed by atoms with Gasteiger partial charge in [-0.2, -0.15) is 0 Å². The number of aromatic nitrogens is 1. The zero-order valence-corrected chi connectivity index (χ0v) is 19.6. The van der Waals surface area contributed by atoms with Crippen molar-refractivity contribution < 1.29 is 14.3 Å². The maximum Gasteiger partial charge on any atom is 0.275 e. The number of amides is 2. The van der Waals surface area contributed by atoms with Crippen LogP contribution < -0.4 is 15.0 Å². The van der Waals surface area contributed by atoms with E-state index in [1.807, 2.05) is 84.5 Å². The summed E-state index contributed by atoms with van der Waals surface area (Å²) in [6.45, 7) is 4.51. The number of nitrogens with zero attached hydrogens (tertiary/aromatic N) is 2. The zero-order valence-electron chi connectivity index (χ0n) is 18.8. The average Bonchev–Trinajstić information content (AvgIpc) is 3.41. The van der Waals surface area contributed by atoms with Gasteiger partial charge in [0.25, 0.3) is 5.91 Å². The summed E-state index contributed by atoms with van der Waals surface area (Å²) in [5, 5.41) is 6.08. The summed E-state index contributed by atoms with van der Waals surface area (Å²) in [7, 11) is 1.61. The fourth-order valence-electron chi connectivity index (χ4n) is 4.51. The molecule has 0 unspecified atom stereocenters. The Kier molecular flexibility index (Phi) is 5.21. The van der Waals surface area contributed by atoms with Gasteiger partial charge in [-0.25, -0.2) is 0 Å². The van der Waals surface area contributed by atoms with Gasteiger partial charge in [0, 0.05) is 23.2 Å². The minimum Gasteiger partial charge on any atom is -0.496 e. The van der Waals surface area contributed by atoms with Crippen molar-refractivity contribution in [3.05, 3.63) is 82.9 Å². The standard InChI is InChI=1S/C26H25N3O3S/c1-17-8-10-20(11-9-17)29-23(30)21-14-18-12-13-33-24(18)28(21)16-26(29,2)25(31)27-15-19-6-4-5-7-22(19)32-3/h4-14H,15-16H2,1-3H3,(H,27,31)/t26-/m0/s1. The first-order valence-corrected chi connectivity index (χ1v) is 11.7. The van der Waals surface area contributed by atoms with Crippen molar-refractivity contribution in [2.45, 2.75) is 32.5 Å². The molecule has 0 fully saturated rings. The Bertz CT molecular complexity index is 1350. The molecule has 1 aliphatic heterocycles. The molecule has 0 saturated heterocycles. The molecule has 0 radical (unpaired) electrons. The molecule has 168 valence electrons. The van der Waals surface area contributed by atoms with Gasteiger partial charge in [-0.3, -0.25) is 14.5 Å². The zero-order chi connectivity index (χ0) is 23.2. The van der Waals surface area contributed by atoms with Crippen molar-refractivity contribution in [1.82, 2.24) is 9.88 Å². The number of carbonyl (C=O) groups is 2. The molecule has 0 aliphatic carbocycles. The van der Waals surface area contributed by atoms with E-state index >= 15 is 0 Å². The second-order valence-electron chi connectivity index (χ2n) is 8.54. The number of para-hydroxylation sites is 1. The highest BCUT2D eigenvalue weighted by Gasteiger charge is 2.48. The highest BCUT2D eigenvalue weighted by Crippen LogP contribution is 2.37. The Morgan fingerprint density at radius 1 is 1.15 bits per heavy atom. The first-order chi connectivity index (χ1) is 15.9. The number of hydrogen-bond acceptors (Lipinski definition) is 4. The van der Waals surface area contributed by atoms with Crippen LogP contribution in [0.2, 0.25) is 0 Å². The molecule has 1 atom stereocenters. The molecule has 0 bridgehead atoms. The maximum atomic E-state index is 13.8. The molecule has 0 spiro atoms. The van der Waals surface area contributed by atoms with E-state index in [4.69, 9.17) is 4.74 Å². The van der Waals surface area contributed by atoms with Crippen LogP contribution in [-0.2, 0) is 17.9 Å². The largest absolute Gasteiger partial charge is 0.496 e.